The van der Waals surface area contributed by atoms with Crippen molar-refractivity contribution in [3.8, 4) is 73.1 Å². The molecule has 4 heterocycles. The number of rotatable bonds is 5. The predicted molar refractivity (Wildman–Crippen MR) is 476 cm³/mol. The van der Waals surface area contributed by atoms with E-state index in [1.807, 2.05) is 24.3 Å². The van der Waals surface area contributed by atoms with E-state index in [0.29, 0.717) is 5.15 Å². The fourth-order valence-corrected chi connectivity index (χ4v) is 19.1. The Labute approximate surface area is 657 Å². The Morgan fingerprint density at radius 2 is 0.593 bits per heavy atom. The van der Waals surface area contributed by atoms with E-state index in [1.165, 1.54) is 152 Å². The van der Waals surface area contributed by atoms with Crippen LogP contribution in [0.5, 0.6) is 0 Å². The maximum absolute atomic E-state index is 6.59. The fourth-order valence-electron chi connectivity index (χ4n) is 18.9. The van der Waals surface area contributed by atoms with E-state index < -0.39 is 0 Å². The number of benzene rings is 18. The van der Waals surface area contributed by atoms with Gasteiger partial charge in [-0.3, -0.25) is 4.57 Å². The van der Waals surface area contributed by atoms with Crippen molar-refractivity contribution in [2.75, 3.05) is 0 Å². The molecule has 2 aliphatic carbocycles. The van der Waals surface area contributed by atoms with Gasteiger partial charge in [0.1, 0.15) is 11.4 Å². The van der Waals surface area contributed by atoms with Crippen LogP contribution in [0.4, 0.5) is 0 Å². The highest BCUT2D eigenvalue weighted by molar-refractivity contribution is 6.39. The second-order valence-corrected chi connectivity index (χ2v) is 31.6. The molecule has 24 rings (SSSR count). The Bertz CT molecular complexity index is 7660. The van der Waals surface area contributed by atoms with Crippen LogP contribution < -0.4 is 0 Å². The highest BCUT2D eigenvalue weighted by Gasteiger charge is 2.41. The molecule has 0 spiro atoms. The van der Waals surface area contributed by atoms with Crippen molar-refractivity contribution < 1.29 is 0 Å². The summed E-state index contributed by atoms with van der Waals surface area (Å²) in [6.07, 6.45) is 0. The molecule has 113 heavy (non-hydrogen) atoms. The van der Waals surface area contributed by atoms with E-state index in [0.717, 1.165) is 73.3 Å². The van der Waals surface area contributed by atoms with Gasteiger partial charge in [-0.15, -0.1) is 0 Å². The summed E-state index contributed by atoms with van der Waals surface area (Å²) in [5.41, 5.74) is 21.1. The molecule has 0 radical (unpaired) electrons. The van der Waals surface area contributed by atoms with Gasteiger partial charge in [0, 0.05) is 76.4 Å². The molecule has 0 amide bonds. The van der Waals surface area contributed by atoms with Gasteiger partial charge in [0.05, 0.1) is 33.8 Å². The molecule has 532 valence electrons. The summed E-state index contributed by atoms with van der Waals surface area (Å²) in [7, 11) is 0. The number of nitrogens with zero attached hydrogens (tertiary/aromatic N) is 5. The molecule has 0 fully saturated rings. The summed E-state index contributed by atoms with van der Waals surface area (Å²) in [4.78, 5) is 24.9. The number of H-pyrrole nitrogens is 1. The number of fused-ring (bicyclic) bond motifs is 30. The maximum atomic E-state index is 6.59. The zero-order chi connectivity index (χ0) is 75.4. The summed E-state index contributed by atoms with van der Waals surface area (Å²) < 4.78 is 2.40. The standard InChI is InChI=1S/C53H35N3.C28H17N.C25H19ClN2/c1-53(2)43-23-13-12-22-42(43)50-51(53)54-49(35-26-24-33(25-27-35)32-14-4-3-5-15-32)52(55-50)56-44-30-28-34-16-6-7-17-36(34)47(44)48-45(56)31-29-41-39-20-9-8-18-37(39)38-19-10-11-21-40(38)46(41)48;1-2-8-18-17(7-1)13-15-24-27(18)28-25(29-24)16-14-23-21-11-4-3-9-19(21)20-10-5-6-12-22(20)26(23)28;1-25(2)20-11-7-6-10-19(20)22-23(25)27-21(24(26)28-22)18-14-12-17(13-15-18)16-8-4-3-5-9-16/h3-31H,1-2H3;1-16,29H;3-15H,1-2H3. The number of nitrogens with one attached hydrogen (secondary N) is 1. The molecular weight excluding hydrogens is 1390 g/mol. The van der Waals surface area contributed by atoms with Gasteiger partial charge in [-0.05, 0) is 133 Å². The first-order valence-electron chi connectivity index (χ1n) is 38.9. The zero-order valence-corrected chi connectivity index (χ0v) is 63.4. The van der Waals surface area contributed by atoms with E-state index >= 15 is 0 Å². The third-order valence-corrected chi connectivity index (χ3v) is 24.5. The average Bonchev–Trinajstić information content (AvgIpc) is 1.58. The predicted octanol–water partition coefficient (Wildman–Crippen LogP) is 28.5. The molecule has 4 aromatic heterocycles. The first-order valence-corrected chi connectivity index (χ1v) is 39.3. The number of aromatic nitrogens is 6. The Morgan fingerprint density at radius 3 is 1.12 bits per heavy atom. The van der Waals surface area contributed by atoms with Crippen LogP contribution in [0.15, 0.2) is 352 Å². The quantitative estimate of drug-likeness (QED) is 0.174. The van der Waals surface area contributed by atoms with Gasteiger partial charge in [0.2, 0.25) is 0 Å². The molecule has 22 aromatic rings. The maximum Gasteiger partial charge on any atom is 0.165 e. The minimum atomic E-state index is -0.302. The third-order valence-electron chi connectivity index (χ3n) is 24.3. The highest BCUT2D eigenvalue weighted by Crippen LogP contribution is 2.53. The molecule has 0 atom stereocenters. The molecule has 18 aromatic carbocycles. The molecular formula is C106H71ClN6. The molecule has 0 saturated heterocycles. The molecule has 7 heteroatoms. The molecule has 1 N–H and O–H groups in total. The Morgan fingerprint density at radius 1 is 0.248 bits per heavy atom. The largest absolute Gasteiger partial charge is 0.354 e. The van der Waals surface area contributed by atoms with Crippen LogP contribution in [0.1, 0.15) is 50.2 Å². The first-order chi connectivity index (χ1) is 55.5. The van der Waals surface area contributed by atoms with E-state index in [1.54, 1.807) is 0 Å². The van der Waals surface area contributed by atoms with Crippen molar-refractivity contribution in [2.24, 2.45) is 0 Å². The van der Waals surface area contributed by atoms with Gasteiger partial charge < -0.3 is 4.98 Å². The molecule has 6 nitrogen and oxygen atoms in total. The third kappa shape index (κ3) is 10.2. The lowest BCUT2D eigenvalue weighted by atomic mass is 9.85. The number of hydrogen-bond donors (Lipinski definition) is 1. The zero-order valence-electron chi connectivity index (χ0n) is 62.6. The van der Waals surface area contributed by atoms with Gasteiger partial charge in [0.25, 0.3) is 0 Å². The normalized spacial score (nSPS) is 13.1. The Kier molecular flexibility index (Phi) is 15.0. The van der Waals surface area contributed by atoms with Gasteiger partial charge in [0.15, 0.2) is 11.0 Å². The van der Waals surface area contributed by atoms with Gasteiger partial charge in [-0.2, -0.15) is 0 Å². The van der Waals surface area contributed by atoms with Gasteiger partial charge in [-0.25, -0.2) is 19.9 Å². The van der Waals surface area contributed by atoms with Crippen molar-refractivity contribution >= 4 is 141 Å². The lowest BCUT2D eigenvalue weighted by Crippen LogP contribution is -2.18. The van der Waals surface area contributed by atoms with Gasteiger partial charge in [-0.1, -0.05) is 367 Å². The summed E-state index contributed by atoms with van der Waals surface area (Å²) >= 11 is 6.59. The lowest BCUT2D eigenvalue weighted by molar-refractivity contribution is 0.635. The minimum absolute atomic E-state index is 0.192. The molecule has 0 unspecified atom stereocenters. The monoisotopic (exact) mass is 1460 g/mol. The Balaban J connectivity index is 0.000000115. The first kappa shape index (κ1) is 66.1. The van der Waals surface area contributed by atoms with Crippen molar-refractivity contribution in [2.45, 2.75) is 38.5 Å². The van der Waals surface area contributed by atoms with Crippen LogP contribution >= 0.6 is 11.6 Å². The fraction of sp³-hybridized carbons (Fsp3) is 0.0566. The SMILES string of the molecule is CC1(C)c2ccccc2-c2nc(-n3c4ccc5ccccc5c4c4c5c6ccccc6c6ccccc6c5ccc43)c(-c3ccc(-c4ccccc4)cc3)nc21.CC1(C)c2ccccc2-c2nc(Cl)c(-c3ccc(-c4ccccc4)cc3)nc21.c1ccc2c(c1)ccc1[nH]c3ccc4c5ccccc5c5ccccc5c4c3c12. The minimum Gasteiger partial charge on any atom is -0.354 e. The van der Waals surface area contributed by atoms with Gasteiger partial charge >= 0.3 is 0 Å². The number of aromatic amines is 1. The van der Waals surface area contributed by atoms with Crippen LogP contribution in [0, 0.1) is 0 Å². The Hall–Kier alpha value is -13.9. The summed E-state index contributed by atoms with van der Waals surface area (Å²) in [5.74, 6) is 0.837. The summed E-state index contributed by atoms with van der Waals surface area (Å²) in [6, 6.07) is 126. The van der Waals surface area contributed by atoms with Crippen molar-refractivity contribution in [1.82, 2.24) is 29.5 Å². The summed E-state index contributed by atoms with van der Waals surface area (Å²) in [6.45, 7) is 8.95. The number of halogens is 1. The van der Waals surface area contributed by atoms with Crippen molar-refractivity contribution in [3.05, 3.63) is 380 Å². The second-order valence-electron chi connectivity index (χ2n) is 31.2. The van der Waals surface area contributed by atoms with Crippen LogP contribution in [0.2, 0.25) is 5.15 Å². The summed E-state index contributed by atoms with van der Waals surface area (Å²) in [5, 5.41) is 26.1. The topological polar surface area (TPSA) is 72.3 Å². The molecule has 0 bridgehead atoms. The van der Waals surface area contributed by atoms with Crippen LogP contribution in [0.3, 0.4) is 0 Å². The lowest BCUT2D eigenvalue weighted by Gasteiger charge is -2.21. The van der Waals surface area contributed by atoms with E-state index in [-0.39, 0.29) is 10.8 Å². The molecule has 0 aliphatic heterocycles. The molecule has 0 saturated carbocycles. The van der Waals surface area contributed by atoms with E-state index in [2.05, 4.69) is 365 Å². The average molecular weight is 1460 g/mol. The number of hydrogen-bond acceptors (Lipinski definition) is 4. The van der Waals surface area contributed by atoms with Crippen molar-refractivity contribution in [3.63, 3.8) is 0 Å². The van der Waals surface area contributed by atoms with E-state index in [9.17, 15) is 0 Å². The highest BCUT2D eigenvalue weighted by atomic mass is 35.5. The second kappa shape index (κ2) is 25.6. The van der Waals surface area contributed by atoms with Crippen molar-refractivity contribution in [1.29, 1.82) is 0 Å². The smallest absolute Gasteiger partial charge is 0.165 e. The van der Waals surface area contributed by atoms with Crippen LogP contribution in [-0.2, 0) is 10.8 Å². The van der Waals surface area contributed by atoms with Crippen LogP contribution in [-0.4, -0.2) is 29.5 Å². The molecule has 2 aliphatic rings. The van der Waals surface area contributed by atoms with E-state index in [4.69, 9.17) is 31.5 Å². The van der Waals surface area contributed by atoms with Crippen LogP contribution in [0.25, 0.3) is 203 Å².